The van der Waals surface area contributed by atoms with E-state index in [1.54, 1.807) is 23.9 Å². The lowest BCUT2D eigenvalue weighted by molar-refractivity contribution is -0.384. The monoisotopic (exact) mass is 327 g/mol. The van der Waals surface area contributed by atoms with Crippen molar-refractivity contribution >= 4 is 29.2 Å². The van der Waals surface area contributed by atoms with E-state index in [1.807, 2.05) is 6.26 Å². The second kappa shape index (κ2) is 7.89. The topological polar surface area (TPSA) is 91.3 Å². The average Bonchev–Trinajstić information content (AvgIpc) is 2.92. The maximum atomic E-state index is 10.6. The highest BCUT2D eigenvalue weighted by atomic mass is 32.2. The van der Waals surface area contributed by atoms with Crippen LogP contribution in [0, 0.1) is 10.1 Å². The molecule has 7 nitrogen and oxygen atoms in total. The van der Waals surface area contributed by atoms with E-state index in [0.29, 0.717) is 35.0 Å². The van der Waals surface area contributed by atoms with Gasteiger partial charge in [-0.3, -0.25) is 10.1 Å². The molecule has 0 aliphatic carbocycles. The first-order valence-electron chi connectivity index (χ1n) is 6.00. The SMILES string of the molecule is CSCc1nnc(SCCOc2cccc([N+](=O)[O-])c2)o1. The lowest BCUT2D eigenvalue weighted by Crippen LogP contribution is -2.00. The summed E-state index contributed by atoms with van der Waals surface area (Å²) in [7, 11) is 0. The van der Waals surface area contributed by atoms with Gasteiger partial charge in [0.15, 0.2) is 0 Å². The molecule has 9 heteroatoms. The molecule has 0 radical (unpaired) electrons. The minimum Gasteiger partial charge on any atom is -0.492 e. The summed E-state index contributed by atoms with van der Waals surface area (Å²) < 4.78 is 10.9. The molecule has 0 bridgehead atoms. The first kappa shape index (κ1) is 15.6. The molecule has 0 spiro atoms. The minimum atomic E-state index is -0.451. The summed E-state index contributed by atoms with van der Waals surface area (Å²) in [6, 6.07) is 6.09. The number of ether oxygens (including phenoxy) is 1. The van der Waals surface area contributed by atoms with Crippen molar-refractivity contribution < 1.29 is 14.1 Å². The molecule has 1 aromatic heterocycles. The molecule has 0 saturated carbocycles. The summed E-state index contributed by atoms with van der Waals surface area (Å²) in [5.41, 5.74) is 0.0127. The predicted molar refractivity (Wildman–Crippen MR) is 80.8 cm³/mol. The van der Waals surface area contributed by atoms with Crippen molar-refractivity contribution in [2.75, 3.05) is 18.6 Å². The second-order valence-electron chi connectivity index (χ2n) is 3.85. The highest BCUT2D eigenvalue weighted by Gasteiger charge is 2.08. The number of thioether (sulfide) groups is 2. The molecular formula is C12H13N3O4S2. The molecule has 112 valence electrons. The van der Waals surface area contributed by atoms with Crippen molar-refractivity contribution in [3.63, 3.8) is 0 Å². The number of hydrogen-bond acceptors (Lipinski definition) is 8. The fourth-order valence-electron chi connectivity index (χ4n) is 1.45. The van der Waals surface area contributed by atoms with Crippen molar-refractivity contribution in [1.82, 2.24) is 10.2 Å². The number of aromatic nitrogens is 2. The van der Waals surface area contributed by atoms with Gasteiger partial charge in [0.2, 0.25) is 5.89 Å². The van der Waals surface area contributed by atoms with Crippen LogP contribution < -0.4 is 4.74 Å². The van der Waals surface area contributed by atoms with E-state index in [0.717, 1.165) is 0 Å². The van der Waals surface area contributed by atoms with E-state index in [-0.39, 0.29) is 5.69 Å². The van der Waals surface area contributed by atoms with Gasteiger partial charge in [-0.1, -0.05) is 17.8 Å². The van der Waals surface area contributed by atoms with Crippen molar-refractivity contribution in [3.8, 4) is 5.75 Å². The number of nitro groups is 1. The van der Waals surface area contributed by atoms with Crippen molar-refractivity contribution in [2.45, 2.75) is 11.0 Å². The Hall–Kier alpha value is -1.74. The van der Waals surface area contributed by atoms with Gasteiger partial charge in [0.05, 0.1) is 23.3 Å². The molecule has 21 heavy (non-hydrogen) atoms. The molecule has 0 aliphatic rings. The Morgan fingerprint density at radius 2 is 2.29 bits per heavy atom. The number of nitro benzene ring substituents is 1. The lowest BCUT2D eigenvalue weighted by atomic mass is 10.3. The first-order valence-corrected chi connectivity index (χ1v) is 8.38. The number of non-ortho nitro benzene ring substituents is 1. The Kier molecular flexibility index (Phi) is 5.88. The van der Waals surface area contributed by atoms with Gasteiger partial charge in [-0.2, -0.15) is 11.8 Å². The maximum absolute atomic E-state index is 10.6. The summed E-state index contributed by atoms with van der Waals surface area (Å²) >= 11 is 3.00. The minimum absolute atomic E-state index is 0.0127. The summed E-state index contributed by atoms with van der Waals surface area (Å²) in [6.07, 6.45) is 1.96. The summed E-state index contributed by atoms with van der Waals surface area (Å²) in [5.74, 6) is 2.38. The Bertz CT molecular complexity index is 606. The van der Waals surface area contributed by atoms with E-state index in [1.165, 1.54) is 23.9 Å². The molecule has 1 aromatic carbocycles. The Morgan fingerprint density at radius 1 is 1.43 bits per heavy atom. The van der Waals surface area contributed by atoms with Gasteiger partial charge in [-0.25, -0.2) is 0 Å². The molecule has 2 rings (SSSR count). The molecule has 0 N–H and O–H groups in total. The average molecular weight is 327 g/mol. The lowest BCUT2D eigenvalue weighted by Gasteiger charge is -2.04. The fraction of sp³-hybridized carbons (Fsp3) is 0.333. The molecule has 0 unspecified atom stereocenters. The third-order valence-electron chi connectivity index (χ3n) is 2.32. The van der Waals surface area contributed by atoms with Crippen LogP contribution in [0.25, 0.3) is 0 Å². The van der Waals surface area contributed by atoms with E-state index in [9.17, 15) is 10.1 Å². The van der Waals surface area contributed by atoms with Gasteiger partial charge in [0, 0.05) is 11.8 Å². The molecule has 0 amide bonds. The summed E-state index contributed by atoms with van der Waals surface area (Å²) in [4.78, 5) is 10.2. The molecule has 0 aliphatic heterocycles. The van der Waals surface area contributed by atoms with Gasteiger partial charge in [0.25, 0.3) is 10.9 Å². The largest absolute Gasteiger partial charge is 0.492 e. The van der Waals surface area contributed by atoms with Crippen molar-refractivity contribution in [1.29, 1.82) is 0 Å². The molecule has 0 saturated heterocycles. The van der Waals surface area contributed by atoms with Crippen LogP contribution in [0.5, 0.6) is 5.75 Å². The Labute approximate surface area is 129 Å². The van der Waals surface area contributed by atoms with Crippen LogP contribution in [0.1, 0.15) is 5.89 Å². The maximum Gasteiger partial charge on any atom is 0.276 e. The smallest absolute Gasteiger partial charge is 0.276 e. The molecule has 1 heterocycles. The Balaban J connectivity index is 1.76. The number of nitrogens with zero attached hydrogens (tertiary/aromatic N) is 3. The van der Waals surface area contributed by atoms with Gasteiger partial charge in [-0.05, 0) is 12.3 Å². The van der Waals surface area contributed by atoms with Crippen LogP contribution in [0.4, 0.5) is 5.69 Å². The third kappa shape index (κ3) is 4.94. The van der Waals surface area contributed by atoms with Crippen LogP contribution in [0.2, 0.25) is 0 Å². The summed E-state index contributed by atoms with van der Waals surface area (Å²) in [6.45, 7) is 0.395. The van der Waals surface area contributed by atoms with Crippen molar-refractivity contribution in [3.05, 3.63) is 40.3 Å². The number of rotatable bonds is 8. The predicted octanol–water partition coefficient (Wildman–Crippen LogP) is 3.01. The molecule has 2 aromatic rings. The summed E-state index contributed by atoms with van der Waals surface area (Å²) in [5, 5.41) is 18.9. The number of benzene rings is 1. The van der Waals surface area contributed by atoms with Gasteiger partial charge >= 0.3 is 0 Å². The standard InChI is InChI=1S/C12H13N3O4S2/c1-20-8-11-13-14-12(19-11)21-6-5-18-10-4-2-3-9(7-10)15(16)17/h2-4,7H,5-6,8H2,1H3. The van der Waals surface area contributed by atoms with Crippen LogP contribution >= 0.6 is 23.5 Å². The van der Waals surface area contributed by atoms with Gasteiger partial charge in [-0.15, -0.1) is 10.2 Å². The highest BCUT2D eigenvalue weighted by molar-refractivity contribution is 7.99. The van der Waals surface area contributed by atoms with Crippen LogP contribution in [-0.2, 0) is 5.75 Å². The zero-order valence-electron chi connectivity index (χ0n) is 11.2. The second-order valence-corrected chi connectivity index (χ2v) is 5.76. The number of hydrogen-bond donors (Lipinski definition) is 0. The molecule has 0 fully saturated rings. The molecular weight excluding hydrogens is 314 g/mol. The van der Waals surface area contributed by atoms with E-state index >= 15 is 0 Å². The van der Waals surface area contributed by atoms with Crippen LogP contribution in [-0.4, -0.2) is 33.7 Å². The quantitative estimate of drug-likeness (QED) is 0.316. The third-order valence-corrected chi connectivity index (χ3v) is 3.64. The normalized spacial score (nSPS) is 10.5. The molecule has 0 atom stereocenters. The first-order chi connectivity index (χ1) is 10.2. The Morgan fingerprint density at radius 3 is 3.05 bits per heavy atom. The zero-order valence-corrected chi connectivity index (χ0v) is 12.9. The van der Waals surface area contributed by atoms with Gasteiger partial charge < -0.3 is 9.15 Å². The zero-order chi connectivity index (χ0) is 15.1. The van der Waals surface area contributed by atoms with Crippen LogP contribution in [0.15, 0.2) is 33.9 Å². The highest BCUT2D eigenvalue weighted by Crippen LogP contribution is 2.21. The van der Waals surface area contributed by atoms with Gasteiger partial charge in [0.1, 0.15) is 5.75 Å². The van der Waals surface area contributed by atoms with E-state index < -0.39 is 4.92 Å². The van der Waals surface area contributed by atoms with E-state index in [2.05, 4.69) is 10.2 Å². The fourth-order valence-corrected chi connectivity index (χ4v) is 2.41. The van der Waals surface area contributed by atoms with Crippen LogP contribution in [0.3, 0.4) is 0 Å². The van der Waals surface area contributed by atoms with Crippen molar-refractivity contribution in [2.24, 2.45) is 0 Å². The van der Waals surface area contributed by atoms with E-state index in [4.69, 9.17) is 9.15 Å².